The number of hydrogen-bond donors (Lipinski definition) is 1. The summed E-state index contributed by atoms with van der Waals surface area (Å²) in [6.07, 6.45) is 8.77. The summed E-state index contributed by atoms with van der Waals surface area (Å²) in [4.78, 5) is 28.9. The van der Waals surface area contributed by atoms with Gasteiger partial charge in [0.2, 0.25) is 5.88 Å². The Morgan fingerprint density at radius 3 is 2.51 bits per heavy atom. The molecule has 2 bridgehead atoms. The number of nitrogens with one attached hydrogen (secondary N) is 1. The molecule has 10 heteroatoms. The fourth-order valence-electron chi connectivity index (χ4n) is 5.83. The second kappa shape index (κ2) is 11.3. The number of anilines is 2. The molecule has 1 amide bonds. The standard InChI is InChI=1S/C31H36FN5O4/c1-19-26(14-22(16-34-19)36-29(38)20-6-9-33-28(13-20)31(2,3)32)21-12-27(37-23-4-5-24(37)18-40-17-23)30(35-15-21)41-25-7-10-39-11-8-25/h6,9,12-16,23-25H,4-5,7-8,10-11,17-18H2,1-3H3,(H,36,38). The summed E-state index contributed by atoms with van der Waals surface area (Å²) in [5.74, 6) is 0.275. The first-order valence-corrected chi connectivity index (χ1v) is 14.3. The van der Waals surface area contributed by atoms with E-state index < -0.39 is 5.67 Å². The highest BCUT2D eigenvalue weighted by Gasteiger charge is 2.39. The van der Waals surface area contributed by atoms with Gasteiger partial charge in [-0.15, -0.1) is 0 Å². The number of carbonyl (C=O) groups is 1. The van der Waals surface area contributed by atoms with Crippen LogP contribution in [0.3, 0.4) is 0 Å². The number of alkyl halides is 1. The van der Waals surface area contributed by atoms with Crippen molar-refractivity contribution in [1.82, 2.24) is 15.0 Å². The lowest BCUT2D eigenvalue weighted by molar-refractivity contribution is 0.0236. The largest absolute Gasteiger partial charge is 0.473 e. The van der Waals surface area contributed by atoms with Gasteiger partial charge in [-0.05, 0) is 57.9 Å². The molecule has 6 rings (SSSR count). The van der Waals surface area contributed by atoms with Crippen molar-refractivity contribution in [2.24, 2.45) is 0 Å². The van der Waals surface area contributed by atoms with E-state index in [1.807, 2.05) is 19.2 Å². The summed E-state index contributed by atoms with van der Waals surface area (Å²) in [6, 6.07) is 7.64. The number of rotatable bonds is 7. The zero-order valence-corrected chi connectivity index (χ0v) is 23.7. The molecule has 3 aromatic rings. The molecule has 3 aliphatic heterocycles. The molecule has 0 aliphatic carbocycles. The molecule has 2 unspecified atom stereocenters. The lowest BCUT2D eigenvalue weighted by Crippen LogP contribution is -2.46. The van der Waals surface area contributed by atoms with E-state index in [4.69, 9.17) is 19.2 Å². The Balaban J connectivity index is 1.31. The quantitative estimate of drug-likeness (QED) is 0.419. The lowest BCUT2D eigenvalue weighted by Gasteiger charge is -2.37. The molecular formula is C31H36FN5O4. The minimum absolute atomic E-state index is 0.0677. The third-order valence-electron chi connectivity index (χ3n) is 8.08. The lowest BCUT2D eigenvalue weighted by atomic mass is 10.0. The number of fused-ring (bicyclic) bond motifs is 2. The van der Waals surface area contributed by atoms with Gasteiger partial charge in [-0.1, -0.05) is 0 Å². The van der Waals surface area contributed by atoms with Gasteiger partial charge >= 0.3 is 0 Å². The van der Waals surface area contributed by atoms with Crippen LogP contribution in [0.25, 0.3) is 11.1 Å². The number of aromatic nitrogens is 3. The van der Waals surface area contributed by atoms with Gasteiger partial charge < -0.3 is 24.4 Å². The highest BCUT2D eigenvalue weighted by Crippen LogP contribution is 2.41. The van der Waals surface area contributed by atoms with E-state index in [-0.39, 0.29) is 29.8 Å². The van der Waals surface area contributed by atoms with Crippen LogP contribution in [0.4, 0.5) is 15.8 Å². The first-order chi connectivity index (χ1) is 19.8. The Labute approximate surface area is 239 Å². The third-order valence-corrected chi connectivity index (χ3v) is 8.08. The molecule has 1 N–H and O–H groups in total. The Morgan fingerprint density at radius 2 is 1.78 bits per heavy atom. The van der Waals surface area contributed by atoms with Crippen molar-refractivity contribution in [3.05, 3.63) is 59.8 Å². The number of hydrogen-bond acceptors (Lipinski definition) is 8. The van der Waals surface area contributed by atoms with Gasteiger partial charge in [0.05, 0.1) is 56.1 Å². The molecular weight excluding hydrogens is 525 g/mol. The maximum atomic E-state index is 14.4. The number of morpholine rings is 1. The normalized spacial score (nSPS) is 21.1. The van der Waals surface area contributed by atoms with Crippen LogP contribution >= 0.6 is 0 Å². The Kier molecular flexibility index (Phi) is 7.61. The Bertz CT molecular complexity index is 1410. The summed E-state index contributed by atoms with van der Waals surface area (Å²) in [5, 5.41) is 2.91. The fourth-order valence-corrected chi connectivity index (χ4v) is 5.83. The van der Waals surface area contributed by atoms with Gasteiger partial charge in [-0.25, -0.2) is 9.37 Å². The summed E-state index contributed by atoms with van der Waals surface area (Å²) in [6.45, 7) is 7.53. The predicted octanol–water partition coefficient (Wildman–Crippen LogP) is 5.23. The Morgan fingerprint density at radius 1 is 1.02 bits per heavy atom. The van der Waals surface area contributed by atoms with Crippen molar-refractivity contribution in [3.8, 4) is 17.0 Å². The molecule has 0 aromatic carbocycles. The van der Waals surface area contributed by atoms with Gasteiger partial charge in [0.15, 0.2) is 0 Å². The van der Waals surface area contributed by atoms with Crippen LogP contribution in [0.15, 0.2) is 42.9 Å². The van der Waals surface area contributed by atoms with Crippen LogP contribution in [0.5, 0.6) is 5.88 Å². The van der Waals surface area contributed by atoms with Crippen molar-refractivity contribution < 1.29 is 23.4 Å². The second-order valence-electron chi connectivity index (χ2n) is 11.5. The minimum atomic E-state index is -1.65. The van der Waals surface area contributed by atoms with E-state index >= 15 is 0 Å². The molecule has 216 valence electrons. The summed E-state index contributed by atoms with van der Waals surface area (Å²) in [7, 11) is 0. The number of carbonyl (C=O) groups excluding carboxylic acids is 1. The number of nitrogens with zero attached hydrogens (tertiary/aromatic N) is 4. The zero-order chi connectivity index (χ0) is 28.6. The zero-order valence-electron chi connectivity index (χ0n) is 23.7. The average Bonchev–Trinajstić information content (AvgIpc) is 3.21. The van der Waals surface area contributed by atoms with Crippen LogP contribution < -0.4 is 15.0 Å². The van der Waals surface area contributed by atoms with Crippen molar-refractivity contribution >= 4 is 17.3 Å². The fraction of sp³-hybridized carbons (Fsp3) is 0.484. The number of halogens is 1. The minimum Gasteiger partial charge on any atom is -0.473 e. The van der Waals surface area contributed by atoms with Gasteiger partial charge in [-0.2, -0.15) is 0 Å². The molecule has 41 heavy (non-hydrogen) atoms. The monoisotopic (exact) mass is 561 g/mol. The van der Waals surface area contributed by atoms with Crippen LogP contribution in [0.2, 0.25) is 0 Å². The van der Waals surface area contributed by atoms with Gasteiger partial charge in [0.1, 0.15) is 17.5 Å². The molecule has 3 aliphatic rings. The van der Waals surface area contributed by atoms with Crippen LogP contribution in [0.1, 0.15) is 61.3 Å². The molecule has 0 saturated carbocycles. The maximum Gasteiger partial charge on any atom is 0.255 e. The van der Waals surface area contributed by atoms with Crippen molar-refractivity contribution in [3.63, 3.8) is 0 Å². The van der Waals surface area contributed by atoms with Crippen molar-refractivity contribution in [1.29, 1.82) is 0 Å². The highest BCUT2D eigenvalue weighted by atomic mass is 19.1. The Hall–Kier alpha value is -3.63. The van der Waals surface area contributed by atoms with Crippen LogP contribution in [0, 0.1) is 6.92 Å². The van der Waals surface area contributed by atoms with Crippen molar-refractivity contribution in [2.45, 2.75) is 70.3 Å². The van der Waals surface area contributed by atoms with E-state index in [0.717, 1.165) is 48.2 Å². The molecule has 3 saturated heterocycles. The topological polar surface area (TPSA) is 98.7 Å². The average molecular weight is 562 g/mol. The third kappa shape index (κ3) is 5.90. The SMILES string of the molecule is Cc1ncc(NC(=O)c2ccnc(C(C)(C)F)c2)cc1-c1cnc(OC2CCOCC2)c(N2C3CCC2COC3)c1. The van der Waals surface area contributed by atoms with E-state index in [1.54, 1.807) is 12.3 Å². The predicted molar refractivity (Wildman–Crippen MR) is 153 cm³/mol. The number of aryl methyl sites for hydroxylation is 1. The number of amides is 1. The molecule has 3 aromatic heterocycles. The van der Waals surface area contributed by atoms with E-state index in [2.05, 4.69) is 26.3 Å². The highest BCUT2D eigenvalue weighted by molar-refractivity contribution is 6.04. The molecule has 3 fully saturated rings. The second-order valence-corrected chi connectivity index (χ2v) is 11.5. The first-order valence-electron chi connectivity index (χ1n) is 14.3. The van der Waals surface area contributed by atoms with Crippen molar-refractivity contribution in [2.75, 3.05) is 36.6 Å². The molecule has 6 heterocycles. The number of ether oxygens (including phenoxy) is 3. The molecule has 0 spiro atoms. The molecule has 9 nitrogen and oxygen atoms in total. The van der Waals surface area contributed by atoms with E-state index in [0.29, 0.717) is 43.6 Å². The summed E-state index contributed by atoms with van der Waals surface area (Å²) in [5.41, 5.74) is 2.92. The van der Waals surface area contributed by atoms with Gasteiger partial charge in [0.25, 0.3) is 5.91 Å². The number of pyridine rings is 3. The van der Waals surface area contributed by atoms with E-state index in [1.165, 1.54) is 26.1 Å². The van der Waals surface area contributed by atoms with E-state index in [9.17, 15) is 9.18 Å². The summed E-state index contributed by atoms with van der Waals surface area (Å²) < 4.78 is 32.3. The van der Waals surface area contributed by atoms with Crippen LogP contribution in [-0.2, 0) is 15.1 Å². The smallest absolute Gasteiger partial charge is 0.255 e. The van der Waals surface area contributed by atoms with Gasteiger partial charge in [0, 0.05) is 47.6 Å². The first kappa shape index (κ1) is 27.5. The molecule has 2 atom stereocenters. The van der Waals surface area contributed by atoms with Crippen LogP contribution in [-0.4, -0.2) is 65.5 Å². The molecule has 0 radical (unpaired) electrons. The summed E-state index contributed by atoms with van der Waals surface area (Å²) >= 11 is 0. The maximum absolute atomic E-state index is 14.4. The van der Waals surface area contributed by atoms with Gasteiger partial charge in [-0.3, -0.25) is 14.8 Å².